The Morgan fingerprint density at radius 1 is 1.40 bits per heavy atom. The molecule has 0 aromatic carbocycles. The van der Waals surface area contributed by atoms with Gasteiger partial charge in [-0.25, -0.2) is 0 Å². The van der Waals surface area contributed by atoms with E-state index in [9.17, 15) is 0 Å². The van der Waals surface area contributed by atoms with Crippen LogP contribution >= 0.6 is 0 Å². The number of hydrogen-bond donors (Lipinski definition) is 0. The van der Waals surface area contributed by atoms with Crippen molar-refractivity contribution < 1.29 is 0 Å². The summed E-state index contributed by atoms with van der Waals surface area (Å²) in [7, 11) is 0. The Morgan fingerprint density at radius 2 is 2.00 bits per heavy atom. The van der Waals surface area contributed by atoms with Gasteiger partial charge in [0, 0.05) is 12.3 Å². The summed E-state index contributed by atoms with van der Waals surface area (Å²) >= 11 is 0. The Kier molecular flexibility index (Phi) is 4.91. The zero-order valence-corrected chi connectivity index (χ0v) is 7.44. The molecule has 0 atom stereocenters. The predicted octanol–water partition coefficient (Wildman–Crippen LogP) is 2.82. The van der Waals surface area contributed by atoms with Gasteiger partial charge in [-0.2, -0.15) is 0 Å². The molecule has 0 aliphatic carbocycles. The van der Waals surface area contributed by atoms with Gasteiger partial charge < -0.3 is 0 Å². The molecule has 0 radical (unpaired) electrons. The van der Waals surface area contributed by atoms with E-state index in [2.05, 4.69) is 31.8 Å². The third kappa shape index (κ3) is 3.44. The molecule has 0 aromatic rings. The largest absolute Gasteiger partial charge is 0.290 e. The van der Waals surface area contributed by atoms with Crippen molar-refractivity contribution in [2.24, 2.45) is 4.99 Å². The zero-order chi connectivity index (χ0) is 7.98. The van der Waals surface area contributed by atoms with E-state index >= 15 is 0 Å². The first kappa shape index (κ1) is 9.41. The smallest absolute Gasteiger partial charge is 0.0389 e. The van der Waals surface area contributed by atoms with Crippen molar-refractivity contribution >= 4 is 5.71 Å². The second kappa shape index (κ2) is 5.21. The van der Waals surface area contributed by atoms with E-state index in [1.165, 1.54) is 11.3 Å². The number of allylic oxidation sites excluding steroid dienone is 2. The summed E-state index contributed by atoms with van der Waals surface area (Å²) in [5.41, 5.74) is 2.46. The molecule has 0 unspecified atom stereocenters. The van der Waals surface area contributed by atoms with Crippen molar-refractivity contribution in [2.45, 2.75) is 34.1 Å². The maximum atomic E-state index is 4.36. The van der Waals surface area contributed by atoms with Crippen LogP contribution in [0.3, 0.4) is 0 Å². The van der Waals surface area contributed by atoms with Gasteiger partial charge in [-0.1, -0.05) is 13.0 Å². The minimum Gasteiger partial charge on any atom is -0.290 e. The van der Waals surface area contributed by atoms with Gasteiger partial charge in [0.2, 0.25) is 0 Å². The lowest BCUT2D eigenvalue weighted by atomic mass is 10.2. The lowest BCUT2D eigenvalue weighted by Crippen LogP contribution is -1.94. The Balaban J connectivity index is 3.93. The minimum absolute atomic E-state index is 0.955. The van der Waals surface area contributed by atoms with Gasteiger partial charge in [0.1, 0.15) is 0 Å². The third-order valence-corrected chi connectivity index (χ3v) is 1.58. The fraction of sp³-hybridized carbons (Fsp3) is 0.667. The van der Waals surface area contributed by atoms with Gasteiger partial charge in [0.05, 0.1) is 0 Å². The van der Waals surface area contributed by atoms with Crippen molar-refractivity contribution in [1.29, 1.82) is 0 Å². The van der Waals surface area contributed by atoms with Crippen molar-refractivity contribution in [3.8, 4) is 0 Å². The van der Waals surface area contributed by atoms with Crippen molar-refractivity contribution in [3.63, 3.8) is 0 Å². The quantitative estimate of drug-likeness (QED) is 0.533. The van der Waals surface area contributed by atoms with Crippen LogP contribution in [0.15, 0.2) is 16.6 Å². The molecule has 0 heterocycles. The molecule has 0 aliphatic heterocycles. The van der Waals surface area contributed by atoms with E-state index in [4.69, 9.17) is 0 Å². The highest BCUT2D eigenvalue weighted by Gasteiger charge is 1.89. The monoisotopic (exact) mass is 139 g/mol. The normalized spacial score (nSPS) is 14.0. The number of aliphatic imine (C=N–C) groups is 1. The van der Waals surface area contributed by atoms with Gasteiger partial charge in [0.25, 0.3) is 0 Å². The average molecular weight is 139 g/mol. The van der Waals surface area contributed by atoms with Gasteiger partial charge >= 0.3 is 0 Å². The molecule has 58 valence electrons. The Morgan fingerprint density at radius 3 is 2.40 bits per heavy atom. The van der Waals surface area contributed by atoms with E-state index in [0.717, 1.165) is 13.0 Å². The molecular weight excluding hydrogens is 122 g/mol. The van der Waals surface area contributed by atoms with Crippen LogP contribution in [0, 0.1) is 0 Å². The van der Waals surface area contributed by atoms with E-state index < -0.39 is 0 Å². The van der Waals surface area contributed by atoms with E-state index in [0.29, 0.717) is 0 Å². The standard InChI is InChI=1S/C9H17N/c1-5-7-10-9(4)8(3)6-2/h6H,5,7H2,1-4H3/b8-6-,10-9?. The highest BCUT2D eigenvalue weighted by atomic mass is 14.7. The number of hydrogen-bond acceptors (Lipinski definition) is 1. The Bertz CT molecular complexity index is 143. The first-order chi connectivity index (χ1) is 4.72. The fourth-order valence-electron chi connectivity index (χ4n) is 0.613. The molecule has 0 saturated carbocycles. The zero-order valence-electron chi connectivity index (χ0n) is 7.44. The molecule has 10 heavy (non-hydrogen) atoms. The Hall–Kier alpha value is -0.590. The molecule has 0 fully saturated rings. The Labute approximate surface area is 63.9 Å². The molecule has 0 spiro atoms. The van der Waals surface area contributed by atoms with Crippen molar-refractivity contribution in [1.82, 2.24) is 0 Å². The van der Waals surface area contributed by atoms with Crippen LogP contribution in [-0.2, 0) is 0 Å². The van der Waals surface area contributed by atoms with E-state index in [-0.39, 0.29) is 0 Å². The molecule has 1 heteroatoms. The lowest BCUT2D eigenvalue weighted by molar-refractivity contribution is 0.931. The van der Waals surface area contributed by atoms with Crippen LogP contribution in [0.4, 0.5) is 0 Å². The van der Waals surface area contributed by atoms with Crippen molar-refractivity contribution in [3.05, 3.63) is 11.6 Å². The maximum absolute atomic E-state index is 4.36. The van der Waals surface area contributed by atoms with Crippen molar-refractivity contribution in [2.75, 3.05) is 6.54 Å². The van der Waals surface area contributed by atoms with E-state index in [1.807, 2.05) is 6.92 Å². The van der Waals surface area contributed by atoms with Crippen LogP contribution < -0.4 is 0 Å². The van der Waals surface area contributed by atoms with Crippen LogP contribution in [0.2, 0.25) is 0 Å². The maximum Gasteiger partial charge on any atom is 0.0389 e. The fourth-order valence-corrected chi connectivity index (χ4v) is 0.613. The molecular formula is C9H17N. The molecule has 0 aromatic heterocycles. The molecule has 0 amide bonds. The van der Waals surface area contributed by atoms with Gasteiger partial charge in [-0.3, -0.25) is 4.99 Å². The molecule has 0 bridgehead atoms. The highest BCUT2D eigenvalue weighted by molar-refractivity contribution is 5.97. The molecule has 0 saturated heterocycles. The summed E-state index contributed by atoms with van der Waals surface area (Å²) < 4.78 is 0. The van der Waals surface area contributed by atoms with Crippen LogP contribution in [0.5, 0.6) is 0 Å². The molecule has 0 rings (SSSR count). The summed E-state index contributed by atoms with van der Waals surface area (Å²) in [5.74, 6) is 0. The summed E-state index contributed by atoms with van der Waals surface area (Å²) in [6.45, 7) is 9.29. The van der Waals surface area contributed by atoms with Crippen LogP contribution in [-0.4, -0.2) is 12.3 Å². The minimum atomic E-state index is 0.955. The predicted molar refractivity (Wildman–Crippen MR) is 47.7 cm³/mol. The highest BCUT2D eigenvalue weighted by Crippen LogP contribution is 1.96. The SMILES string of the molecule is C/C=C(/C)C(C)=NCCC. The van der Waals surface area contributed by atoms with Crippen LogP contribution in [0.25, 0.3) is 0 Å². The first-order valence-corrected chi connectivity index (χ1v) is 3.86. The number of nitrogens with zero attached hydrogens (tertiary/aromatic N) is 1. The molecule has 1 nitrogen and oxygen atoms in total. The summed E-state index contributed by atoms with van der Waals surface area (Å²) in [6.07, 6.45) is 3.23. The average Bonchev–Trinajstić information content (AvgIpc) is 1.98. The lowest BCUT2D eigenvalue weighted by Gasteiger charge is -1.97. The van der Waals surface area contributed by atoms with Crippen LogP contribution in [0.1, 0.15) is 34.1 Å². The summed E-state index contributed by atoms with van der Waals surface area (Å²) in [6, 6.07) is 0. The third-order valence-electron chi connectivity index (χ3n) is 1.58. The summed E-state index contributed by atoms with van der Waals surface area (Å²) in [4.78, 5) is 4.36. The topological polar surface area (TPSA) is 12.4 Å². The second-order valence-electron chi connectivity index (χ2n) is 2.44. The second-order valence-corrected chi connectivity index (χ2v) is 2.44. The van der Waals surface area contributed by atoms with Gasteiger partial charge in [-0.05, 0) is 32.8 Å². The van der Waals surface area contributed by atoms with E-state index in [1.54, 1.807) is 0 Å². The first-order valence-electron chi connectivity index (χ1n) is 3.86. The molecule has 0 aliphatic rings. The molecule has 0 N–H and O–H groups in total. The summed E-state index contributed by atoms with van der Waals surface area (Å²) in [5, 5.41) is 0. The van der Waals surface area contributed by atoms with Gasteiger partial charge in [-0.15, -0.1) is 0 Å². The van der Waals surface area contributed by atoms with Gasteiger partial charge in [0.15, 0.2) is 0 Å². The number of rotatable bonds is 3.